The second kappa shape index (κ2) is 7.29. The molecule has 3 aromatic rings. The molecule has 27 heavy (non-hydrogen) atoms. The summed E-state index contributed by atoms with van der Waals surface area (Å²) in [5.74, 6) is 0.932. The van der Waals surface area contributed by atoms with Crippen molar-refractivity contribution in [3.8, 4) is 17.6 Å². The van der Waals surface area contributed by atoms with Crippen LogP contribution in [-0.4, -0.2) is 20.1 Å². The van der Waals surface area contributed by atoms with Crippen LogP contribution < -0.4 is 15.2 Å². The van der Waals surface area contributed by atoms with E-state index in [4.69, 9.17) is 20.5 Å². The van der Waals surface area contributed by atoms with E-state index in [1.54, 1.807) is 49.8 Å². The molecule has 0 saturated heterocycles. The Morgan fingerprint density at radius 3 is 2.33 bits per heavy atom. The third-order valence-corrected chi connectivity index (χ3v) is 5.89. The molecule has 0 bridgehead atoms. The summed E-state index contributed by atoms with van der Waals surface area (Å²) in [5, 5.41) is 10.0. The molecule has 0 radical (unpaired) electrons. The van der Waals surface area contributed by atoms with E-state index in [0.29, 0.717) is 23.5 Å². The van der Waals surface area contributed by atoms with E-state index < -0.39 is 11.3 Å². The fourth-order valence-electron chi connectivity index (χ4n) is 3.10. The Kier molecular flexibility index (Phi) is 5.06. The van der Waals surface area contributed by atoms with Crippen molar-refractivity contribution in [2.45, 2.75) is 18.8 Å². The maximum absolute atomic E-state index is 12.3. The molecule has 1 unspecified atom stereocenters. The van der Waals surface area contributed by atoms with Gasteiger partial charge in [0.05, 0.1) is 31.3 Å². The summed E-state index contributed by atoms with van der Waals surface area (Å²) >= 11 is 1.60. The Labute approximate surface area is 161 Å². The van der Waals surface area contributed by atoms with Crippen LogP contribution in [0.5, 0.6) is 11.5 Å². The molecule has 3 rings (SSSR count). The number of fused-ring (bicyclic) bond motifs is 1. The van der Waals surface area contributed by atoms with E-state index in [-0.39, 0.29) is 0 Å². The van der Waals surface area contributed by atoms with E-state index in [1.165, 1.54) is 0 Å². The lowest BCUT2D eigenvalue weighted by molar-refractivity contribution is -0.122. The molecule has 0 aliphatic heterocycles. The molecule has 0 spiro atoms. The predicted molar refractivity (Wildman–Crippen MR) is 106 cm³/mol. The summed E-state index contributed by atoms with van der Waals surface area (Å²) in [7, 11) is 3.21. The molecule has 138 valence electrons. The molecule has 0 aliphatic carbocycles. The smallest absolute Gasteiger partial charge is 0.228 e. The Bertz CT molecular complexity index is 993. The SMILES string of the molecule is COc1cc2cc(CC(C)(C(N)=O)c3ccc(C#N)cc3)sc2cc1OC. The number of carbonyl (C=O) groups excluding carboxylic acids is 1. The molecule has 1 amide bonds. The summed E-state index contributed by atoms with van der Waals surface area (Å²) in [5.41, 5.74) is 6.24. The second-order valence-corrected chi connectivity index (χ2v) is 7.69. The Hall–Kier alpha value is -3.04. The number of benzene rings is 2. The minimum atomic E-state index is -0.872. The lowest BCUT2D eigenvalue weighted by atomic mass is 9.78. The van der Waals surface area contributed by atoms with Crippen molar-refractivity contribution in [1.82, 2.24) is 0 Å². The Morgan fingerprint density at radius 2 is 1.78 bits per heavy atom. The first-order chi connectivity index (χ1) is 12.9. The first kappa shape index (κ1) is 18.7. The Balaban J connectivity index is 2.01. The van der Waals surface area contributed by atoms with E-state index in [2.05, 4.69) is 6.07 Å². The molecule has 5 nitrogen and oxygen atoms in total. The second-order valence-electron chi connectivity index (χ2n) is 6.52. The summed E-state index contributed by atoms with van der Waals surface area (Å²) in [6, 6.07) is 15.0. The fraction of sp³-hybridized carbons (Fsp3) is 0.238. The number of carbonyl (C=O) groups is 1. The lowest BCUT2D eigenvalue weighted by Gasteiger charge is -2.26. The molecule has 1 heterocycles. The van der Waals surface area contributed by atoms with Gasteiger partial charge < -0.3 is 15.2 Å². The van der Waals surface area contributed by atoms with E-state index >= 15 is 0 Å². The van der Waals surface area contributed by atoms with Gasteiger partial charge in [0.1, 0.15) is 0 Å². The maximum Gasteiger partial charge on any atom is 0.228 e. The molecule has 0 saturated carbocycles. The minimum Gasteiger partial charge on any atom is -0.493 e. The van der Waals surface area contributed by atoms with Gasteiger partial charge in [-0.25, -0.2) is 0 Å². The van der Waals surface area contributed by atoms with Crippen LogP contribution in [-0.2, 0) is 16.6 Å². The Morgan fingerprint density at radius 1 is 1.15 bits per heavy atom. The number of ether oxygens (including phenoxy) is 2. The van der Waals surface area contributed by atoms with Crippen molar-refractivity contribution >= 4 is 27.3 Å². The van der Waals surface area contributed by atoms with Gasteiger partial charge in [-0.2, -0.15) is 5.26 Å². The monoisotopic (exact) mass is 380 g/mol. The molecule has 2 N–H and O–H groups in total. The van der Waals surface area contributed by atoms with E-state index in [9.17, 15) is 4.79 Å². The zero-order valence-electron chi connectivity index (χ0n) is 15.4. The molecule has 2 aromatic carbocycles. The molecular weight excluding hydrogens is 360 g/mol. The van der Waals surface area contributed by atoms with Crippen molar-refractivity contribution in [3.05, 3.63) is 58.5 Å². The molecule has 1 atom stereocenters. The zero-order chi connectivity index (χ0) is 19.6. The van der Waals surface area contributed by atoms with E-state index in [1.807, 2.05) is 25.1 Å². The number of rotatable bonds is 6. The summed E-state index contributed by atoms with van der Waals surface area (Å²) in [6.45, 7) is 1.84. The van der Waals surface area contributed by atoms with Gasteiger partial charge in [0.15, 0.2) is 11.5 Å². The number of nitrogens with two attached hydrogens (primary N) is 1. The van der Waals surface area contributed by atoms with Gasteiger partial charge in [0, 0.05) is 22.1 Å². The van der Waals surface area contributed by atoms with Crippen molar-refractivity contribution in [1.29, 1.82) is 5.26 Å². The summed E-state index contributed by atoms with van der Waals surface area (Å²) in [6.07, 6.45) is 0.470. The normalized spacial score (nSPS) is 13.0. The molecule has 6 heteroatoms. The predicted octanol–water partition coefficient (Wildman–Crippen LogP) is 3.78. The van der Waals surface area contributed by atoms with Crippen LogP contribution in [0, 0.1) is 11.3 Å². The average molecular weight is 380 g/mol. The van der Waals surface area contributed by atoms with Crippen LogP contribution in [0.2, 0.25) is 0 Å². The number of nitriles is 1. The van der Waals surface area contributed by atoms with Gasteiger partial charge in [0.25, 0.3) is 0 Å². The minimum absolute atomic E-state index is 0.403. The number of hydrogen-bond acceptors (Lipinski definition) is 5. The number of methoxy groups -OCH3 is 2. The highest BCUT2D eigenvalue weighted by atomic mass is 32.1. The maximum atomic E-state index is 12.3. The van der Waals surface area contributed by atoms with Crippen molar-refractivity contribution < 1.29 is 14.3 Å². The van der Waals surface area contributed by atoms with Crippen LogP contribution >= 0.6 is 11.3 Å². The van der Waals surface area contributed by atoms with Crippen LogP contribution in [0.4, 0.5) is 0 Å². The van der Waals surface area contributed by atoms with Gasteiger partial charge in [0.2, 0.25) is 5.91 Å². The van der Waals surface area contributed by atoms with Crippen LogP contribution in [0.25, 0.3) is 10.1 Å². The van der Waals surface area contributed by atoms with Gasteiger partial charge in [-0.05, 0) is 42.1 Å². The van der Waals surface area contributed by atoms with Crippen LogP contribution in [0.3, 0.4) is 0 Å². The molecule has 0 fully saturated rings. The average Bonchev–Trinajstić information content (AvgIpc) is 3.07. The van der Waals surface area contributed by atoms with Gasteiger partial charge in [-0.3, -0.25) is 4.79 Å². The van der Waals surface area contributed by atoms with Crippen LogP contribution in [0.15, 0.2) is 42.5 Å². The van der Waals surface area contributed by atoms with Crippen LogP contribution in [0.1, 0.15) is 22.9 Å². The summed E-state index contributed by atoms with van der Waals surface area (Å²) in [4.78, 5) is 13.4. The first-order valence-corrected chi connectivity index (χ1v) is 9.18. The third kappa shape index (κ3) is 3.46. The van der Waals surface area contributed by atoms with Gasteiger partial charge in [-0.1, -0.05) is 12.1 Å². The molecule has 0 aliphatic rings. The van der Waals surface area contributed by atoms with Crippen molar-refractivity contribution in [2.24, 2.45) is 5.73 Å². The first-order valence-electron chi connectivity index (χ1n) is 8.36. The number of amides is 1. The lowest BCUT2D eigenvalue weighted by Crippen LogP contribution is -2.40. The standard InChI is InChI=1S/C21H20N2O3S/c1-21(20(23)24,15-6-4-13(12-22)5-7-15)11-16-8-14-9-17(25-2)18(26-3)10-19(14)27-16/h4-10H,11H2,1-3H3,(H2,23,24). The highest BCUT2D eigenvalue weighted by Crippen LogP contribution is 2.39. The number of thiophene rings is 1. The summed E-state index contributed by atoms with van der Waals surface area (Å²) < 4.78 is 11.8. The highest BCUT2D eigenvalue weighted by molar-refractivity contribution is 7.19. The van der Waals surface area contributed by atoms with E-state index in [0.717, 1.165) is 20.5 Å². The highest BCUT2D eigenvalue weighted by Gasteiger charge is 2.34. The molecular formula is C21H20N2O3S. The quantitative estimate of drug-likeness (QED) is 0.705. The number of primary amides is 1. The topological polar surface area (TPSA) is 85.3 Å². The third-order valence-electron chi connectivity index (χ3n) is 4.80. The van der Waals surface area contributed by atoms with Gasteiger partial charge in [-0.15, -0.1) is 11.3 Å². The fourth-order valence-corrected chi connectivity index (χ4v) is 4.33. The van der Waals surface area contributed by atoms with Crippen molar-refractivity contribution in [3.63, 3.8) is 0 Å². The largest absolute Gasteiger partial charge is 0.493 e. The number of nitrogens with zero attached hydrogens (tertiary/aromatic N) is 1. The number of hydrogen-bond donors (Lipinski definition) is 1. The zero-order valence-corrected chi connectivity index (χ0v) is 16.2. The van der Waals surface area contributed by atoms with Crippen molar-refractivity contribution in [2.75, 3.05) is 14.2 Å². The molecule has 1 aromatic heterocycles. The van der Waals surface area contributed by atoms with Gasteiger partial charge >= 0.3 is 0 Å².